The number of carbonyl (C=O) groups excluding carboxylic acids is 3. The summed E-state index contributed by atoms with van der Waals surface area (Å²) in [7, 11) is 0. The topological polar surface area (TPSA) is 69.7 Å². The van der Waals surface area contributed by atoms with E-state index < -0.39 is 10.7 Å². The van der Waals surface area contributed by atoms with Gasteiger partial charge in [-0.05, 0) is 42.3 Å². The average molecular weight is 476 g/mol. The number of rotatable bonds is 6. The molecule has 1 unspecified atom stereocenters. The van der Waals surface area contributed by atoms with Crippen molar-refractivity contribution in [3.63, 3.8) is 0 Å². The zero-order valence-corrected chi connectivity index (χ0v) is 19.1. The summed E-state index contributed by atoms with van der Waals surface area (Å²) in [5, 5.41) is 2.88. The van der Waals surface area contributed by atoms with Gasteiger partial charge >= 0.3 is 0 Å². The van der Waals surface area contributed by atoms with Gasteiger partial charge in [0.2, 0.25) is 16.7 Å². The van der Waals surface area contributed by atoms with E-state index in [2.05, 4.69) is 5.32 Å². The Labute approximate surface area is 200 Å². The molecule has 2 heterocycles. The van der Waals surface area contributed by atoms with Crippen LogP contribution in [0, 0.1) is 5.82 Å². The minimum atomic E-state index is -1.32. The Balaban J connectivity index is 1.40. The Morgan fingerprint density at radius 3 is 2.44 bits per heavy atom. The molecule has 34 heavy (non-hydrogen) atoms. The number of thioether (sulfide) groups is 1. The third kappa shape index (κ3) is 3.74. The van der Waals surface area contributed by atoms with Crippen LogP contribution in [-0.4, -0.2) is 36.6 Å². The summed E-state index contributed by atoms with van der Waals surface area (Å²) in [5.41, 5.74) is 2.80. The largest absolute Gasteiger partial charge is 0.354 e. The molecule has 1 N–H and O–H groups in total. The van der Waals surface area contributed by atoms with E-state index in [1.54, 1.807) is 12.1 Å². The zero-order chi connectivity index (χ0) is 23.7. The Hall–Kier alpha value is -3.65. The molecule has 0 bridgehead atoms. The lowest BCUT2D eigenvalue weighted by molar-refractivity contribution is -0.125. The van der Waals surface area contributed by atoms with Crippen LogP contribution in [0.5, 0.6) is 0 Å². The molecule has 6 nitrogen and oxygen atoms in total. The average Bonchev–Trinajstić information content (AvgIpc) is 3.31. The Kier molecular flexibility index (Phi) is 5.83. The molecule has 0 aliphatic carbocycles. The van der Waals surface area contributed by atoms with Crippen LogP contribution in [0.1, 0.15) is 11.1 Å². The first-order valence-electron chi connectivity index (χ1n) is 11.0. The fourth-order valence-electron chi connectivity index (χ4n) is 4.49. The van der Waals surface area contributed by atoms with Crippen LogP contribution < -0.4 is 15.1 Å². The first-order chi connectivity index (χ1) is 16.5. The summed E-state index contributed by atoms with van der Waals surface area (Å²) < 4.78 is 13.5. The van der Waals surface area contributed by atoms with E-state index in [1.807, 2.05) is 42.5 Å². The van der Waals surface area contributed by atoms with Gasteiger partial charge < -0.3 is 5.32 Å². The second kappa shape index (κ2) is 8.95. The number of carbonyl (C=O) groups is 3. The van der Waals surface area contributed by atoms with Gasteiger partial charge in [0.15, 0.2) is 0 Å². The highest BCUT2D eigenvalue weighted by Gasteiger charge is 2.61. The van der Waals surface area contributed by atoms with E-state index in [9.17, 15) is 18.8 Å². The number of nitrogens with one attached hydrogen (secondary N) is 1. The molecule has 0 aromatic heterocycles. The van der Waals surface area contributed by atoms with Crippen LogP contribution in [0.4, 0.5) is 15.8 Å². The Bertz CT molecular complexity index is 1250. The monoisotopic (exact) mass is 475 g/mol. The SMILES string of the molecule is O=C(CN1C(=O)C2(SCC(=O)N2c2ccc(F)cc2)c2ccccc21)NCCc1ccccc1. The second-order valence-electron chi connectivity index (χ2n) is 8.13. The van der Waals surface area contributed by atoms with Crippen molar-refractivity contribution < 1.29 is 18.8 Å². The first-order valence-corrected chi connectivity index (χ1v) is 11.9. The number of amides is 3. The van der Waals surface area contributed by atoms with E-state index in [0.717, 1.165) is 5.56 Å². The minimum Gasteiger partial charge on any atom is -0.354 e. The quantitative estimate of drug-likeness (QED) is 0.593. The highest BCUT2D eigenvalue weighted by molar-refractivity contribution is 8.02. The van der Waals surface area contributed by atoms with Crippen molar-refractivity contribution in [2.24, 2.45) is 0 Å². The van der Waals surface area contributed by atoms with Crippen molar-refractivity contribution in [2.75, 3.05) is 28.6 Å². The lowest BCUT2D eigenvalue weighted by Crippen LogP contribution is -2.51. The van der Waals surface area contributed by atoms with Crippen LogP contribution >= 0.6 is 11.8 Å². The molecule has 1 fully saturated rings. The predicted octanol–water partition coefficient (Wildman–Crippen LogP) is 3.46. The molecule has 0 radical (unpaired) electrons. The van der Waals surface area contributed by atoms with E-state index in [-0.39, 0.29) is 30.0 Å². The number of hydrogen-bond donors (Lipinski definition) is 1. The van der Waals surface area contributed by atoms with Gasteiger partial charge in [-0.1, -0.05) is 48.5 Å². The van der Waals surface area contributed by atoms with Crippen LogP contribution in [0.3, 0.4) is 0 Å². The lowest BCUT2D eigenvalue weighted by Gasteiger charge is -2.33. The first kappa shape index (κ1) is 22.2. The Morgan fingerprint density at radius 1 is 0.971 bits per heavy atom. The van der Waals surface area contributed by atoms with Gasteiger partial charge in [-0.25, -0.2) is 4.39 Å². The van der Waals surface area contributed by atoms with Crippen molar-refractivity contribution >= 4 is 40.9 Å². The second-order valence-corrected chi connectivity index (χ2v) is 9.30. The summed E-state index contributed by atoms with van der Waals surface area (Å²) in [5.74, 6) is -1.20. The van der Waals surface area contributed by atoms with Gasteiger partial charge in [-0.15, -0.1) is 11.8 Å². The fourth-order valence-corrected chi connectivity index (χ4v) is 5.85. The molecule has 172 valence electrons. The number of para-hydroxylation sites is 1. The highest BCUT2D eigenvalue weighted by Crippen LogP contribution is 2.55. The van der Waals surface area contributed by atoms with E-state index in [1.165, 1.54) is 45.8 Å². The van der Waals surface area contributed by atoms with Crippen LogP contribution in [0.2, 0.25) is 0 Å². The predicted molar refractivity (Wildman–Crippen MR) is 130 cm³/mol. The van der Waals surface area contributed by atoms with Crippen LogP contribution in [0.15, 0.2) is 78.9 Å². The number of benzene rings is 3. The standard InChI is InChI=1S/C26H22FN3O3S/c27-19-10-12-20(13-11-19)30-24(32)17-34-26(30)21-8-4-5-9-22(21)29(25(26)33)16-23(31)28-15-14-18-6-2-1-3-7-18/h1-13H,14-17H2,(H,28,31). The number of nitrogens with zero attached hydrogens (tertiary/aromatic N) is 2. The summed E-state index contributed by atoms with van der Waals surface area (Å²) in [6.45, 7) is 0.297. The van der Waals surface area contributed by atoms with Crippen molar-refractivity contribution in [2.45, 2.75) is 11.3 Å². The molecule has 3 aromatic carbocycles. The molecular formula is C26H22FN3O3S. The molecule has 1 atom stereocenters. The molecule has 2 aliphatic rings. The van der Waals surface area contributed by atoms with Gasteiger partial charge in [0.05, 0.1) is 11.4 Å². The molecule has 3 amide bonds. The molecule has 3 aromatic rings. The van der Waals surface area contributed by atoms with Crippen LogP contribution in [0.25, 0.3) is 0 Å². The van der Waals surface area contributed by atoms with Crippen molar-refractivity contribution in [3.05, 3.63) is 95.8 Å². The van der Waals surface area contributed by atoms with Crippen molar-refractivity contribution in [1.82, 2.24) is 5.32 Å². The smallest absolute Gasteiger partial charge is 0.269 e. The molecule has 1 saturated heterocycles. The zero-order valence-electron chi connectivity index (χ0n) is 18.2. The summed E-state index contributed by atoms with van der Waals surface area (Å²) in [6, 6.07) is 22.6. The number of anilines is 2. The molecule has 8 heteroatoms. The van der Waals surface area contributed by atoms with Gasteiger partial charge in [0.25, 0.3) is 5.91 Å². The maximum Gasteiger partial charge on any atom is 0.269 e. The van der Waals surface area contributed by atoms with Gasteiger partial charge in [-0.2, -0.15) is 0 Å². The minimum absolute atomic E-state index is 0.106. The molecule has 1 spiro atoms. The summed E-state index contributed by atoms with van der Waals surface area (Å²) in [4.78, 5) is 41.1. The molecule has 5 rings (SSSR count). The molecule has 2 aliphatic heterocycles. The molecular weight excluding hydrogens is 453 g/mol. The van der Waals surface area contributed by atoms with Crippen molar-refractivity contribution in [3.8, 4) is 0 Å². The number of hydrogen-bond acceptors (Lipinski definition) is 4. The maximum atomic E-state index is 13.9. The highest BCUT2D eigenvalue weighted by atomic mass is 32.2. The third-order valence-electron chi connectivity index (χ3n) is 6.03. The number of halogens is 1. The maximum absolute atomic E-state index is 13.9. The van der Waals surface area contributed by atoms with Crippen molar-refractivity contribution in [1.29, 1.82) is 0 Å². The normalized spacial score (nSPS) is 19.1. The number of fused-ring (bicyclic) bond motifs is 2. The van der Waals surface area contributed by atoms with Crippen LogP contribution in [-0.2, 0) is 25.7 Å². The van der Waals surface area contributed by atoms with Gasteiger partial charge in [-0.3, -0.25) is 24.2 Å². The fraction of sp³-hybridized carbons (Fsp3) is 0.192. The van der Waals surface area contributed by atoms with Gasteiger partial charge in [0, 0.05) is 17.8 Å². The molecule has 0 saturated carbocycles. The van der Waals surface area contributed by atoms with E-state index >= 15 is 0 Å². The lowest BCUT2D eigenvalue weighted by atomic mass is 10.0. The third-order valence-corrected chi connectivity index (χ3v) is 7.42. The summed E-state index contributed by atoms with van der Waals surface area (Å²) >= 11 is 1.22. The van der Waals surface area contributed by atoms with Gasteiger partial charge in [0.1, 0.15) is 12.4 Å². The van der Waals surface area contributed by atoms with E-state index in [4.69, 9.17) is 0 Å². The Morgan fingerprint density at radius 2 is 1.68 bits per heavy atom. The van der Waals surface area contributed by atoms with E-state index in [0.29, 0.717) is 29.9 Å². The summed E-state index contributed by atoms with van der Waals surface area (Å²) in [6.07, 6.45) is 0.684.